The predicted octanol–water partition coefficient (Wildman–Crippen LogP) is -1.57. The lowest BCUT2D eigenvalue weighted by atomic mass is 9.91. The Bertz CT molecular complexity index is 145. The summed E-state index contributed by atoms with van der Waals surface area (Å²) in [5.41, 5.74) is 0. The lowest BCUT2D eigenvalue weighted by molar-refractivity contribution is -0.146. The molecule has 0 radical (unpaired) electrons. The highest BCUT2D eigenvalue weighted by atomic mass is 16.4. The summed E-state index contributed by atoms with van der Waals surface area (Å²) < 4.78 is 0. The van der Waals surface area contributed by atoms with Gasteiger partial charge in [-0.1, -0.05) is 0 Å². The van der Waals surface area contributed by atoms with Crippen molar-refractivity contribution in [2.24, 2.45) is 0 Å². The van der Waals surface area contributed by atoms with Crippen molar-refractivity contribution in [3.8, 4) is 0 Å². The van der Waals surface area contributed by atoms with Crippen LogP contribution >= 0.6 is 0 Å². The van der Waals surface area contributed by atoms with Crippen molar-refractivity contribution < 1.29 is 20.1 Å². The van der Waals surface area contributed by atoms with Gasteiger partial charge < -0.3 is 15.3 Å². The number of carbonyl (C=O) groups is 1. The first-order valence-corrected chi connectivity index (χ1v) is 3.20. The van der Waals surface area contributed by atoms with E-state index in [1.165, 1.54) is 0 Å². The van der Waals surface area contributed by atoms with Gasteiger partial charge in [-0.15, -0.1) is 0 Å². The fourth-order valence-electron chi connectivity index (χ4n) is 1.01. The van der Waals surface area contributed by atoms with Crippen LogP contribution in [0.15, 0.2) is 0 Å². The molecule has 3 N–H and O–H groups in total. The quantitative estimate of drug-likeness (QED) is 0.386. The fourth-order valence-corrected chi connectivity index (χ4v) is 1.01. The van der Waals surface area contributed by atoms with E-state index in [9.17, 15) is 4.79 Å². The van der Waals surface area contributed by atoms with Crippen molar-refractivity contribution >= 4 is 5.78 Å². The maximum absolute atomic E-state index is 10.6. The van der Waals surface area contributed by atoms with E-state index >= 15 is 0 Å². The third-order valence-electron chi connectivity index (χ3n) is 1.73. The van der Waals surface area contributed by atoms with Crippen molar-refractivity contribution in [2.75, 3.05) is 0 Å². The Morgan fingerprint density at radius 3 is 2.40 bits per heavy atom. The van der Waals surface area contributed by atoms with E-state index in [0.717, 1.165) is 0 Å². The van der Waals surface area contributed by atoms with Crippen LogP contribution in [0, 0.1) is 0 Å². The third kappa shape index (κ3) is 1.18. The lowest BCUT2D eigenvalue weighted by Gasteiger charge is -2.26. The molecule has 0 aromatic heterocycles. The molecule has 4 heteroatoms. The van der Waals surface area contributed by atoms with Crippen LogP contribution in [0.5, 0.6) is 0 Å². The van der Waals surface area contributed by atoms with Crippen LogP contribution in [0.4, 0.5) is 0 Å². The molecule has 0 aromatic rings. The Balaban J connectivity index is 2.60. The highest BCUT2D eigenvalue weighted by molar-refractivity contribution is 5.84. The molecule has 0 saturated heterocycles. The van der Waals surface area contributed by atoms with Crippen LogP contribution in [-0.2, 0) is 4.79 Å². The van der Waals surface area contributed by atoms with Gasteiger partial charge >= 0.3 is 0 Å². The highest BCUT2D eigenvalue weighted by Crippen LogP contribution is 2.15. The predicted molar refractivity (Wildman–Crippen MR) is 32.3 cm³/mol. The molecule has 3 atom stereocenters. The number of hydrogen-bond donors (Lipinski definition) is 3. The van der Waals surface area contributed by atoms with Crippen LogP contribution in [0.1, 0.15) is 12.8 Å². The zero-order valence-corrected chi connectivity index (χ0v) is 5.40. The summed E-state index contributed by atoms with van der Waals surface area (Å²) >= 11 is 0. The molecule has 0 spiro atoms. The molecule has 1 aliphatic carbocycles. The molecule has 1 aliphatic rings. The third-order valence-corrected chi connectivity index (χ3v) is 1.73. The topological polar surface area (TPSA) is 77.8 Å². The zero-order chi connectivity index (χ0) is 7.72. The fraction of sp³-hybridized carbons (Fsp3) is 0.833. The minimum absolute atomic E-state index is 0.152. The summed E-state index contributed by atoms with van der Waals surface area (Å²) in [6.07, 6.45) is -3.23. The van der Waals surface area contributed by atoms with Crippen molar-refractivity contribution in [1.29, 1.82) is 0 Å². The average Bonchev–Trinajstić information content (AvgIpc) is 1.93. The summed E-state index contributed by atoms with van der Waals surface area (Å²) in [5.74, 6) is -0.391. The van der Waals surface area contributed by atoms with Crippen molar-refractivity contribution in [2.45, 2.75) is 31.2 Å². The van der Waals surface area contributed by atoms with Crippen molar-refractivity contribution in [1.82, 2.24) is 0 Å². The highest BCUT2D eigenvalue weighted by Gasteiger charge is 2.34. The summed E-state index contributed by atoms with van der Waals surface area (Å²) in [4.78, 5) is 10.6. The van der Waals surface area contributed by atoms with E-state index < -0.39 is 24.1 Å². The number of aliphatic hydroxyl groups is 3. The van der Waals surface area contributed by atoms with Crippen LogP contribution in [0.25, 0.3) is 0 Å². The van der Waals surface area contributed by atoms with Crippen LogP contribution < -0.4 is 0 Å². The summed E-state index contributed by atoms with van der Waals surface area (Å²) in [7, 11) is 0. The molecule has 3 unspecified atom stereocenters. The Hall–Kier alpha value is -0.450. The molecule has 0 bridgehead atoms. The molecule has 1 saturated carbocycles. The zero-order valence-electron chi connectivity index (χ0n) is 5.40. The van der Waals surface area contributed by atoms with Gasteiger partial charge in [-0.3, -0.25) is 4.79 Å². The smallest absolute Gasteiger partial charge is 0.164 e. The van der Waals surface area contributed by atoms with E-state index in [-0.39, 0.29) is 12.8 Å². The Labute approximate surface area is 58.1 Å². The van der Waals surface area contributed by atoms with Gasteiger partial charge in [0.2, 0.25) is 0 Å². The van der Waals surface area contributed by atoms with Crippen molar-refractivity contribution in [3.63, 3.8) is 0 Å². The second-order valence-corrected chi connectivity index (χ2v) is 2.51. The van der Waals surface area contributed by atoms with Crippen LogP contribution in [-0.4, -0.2) is 39.4 Å². The van der Waals surface area contributed by atoms with Gasteiger partial charge in [0.15, 0.2) is 5.78 Å². The monoisotopic (exact) mass is 146 g/mol. The number of hydrogen-bond acceptors (Lipinski definition) is 4. The van der Waals surface area contributed by atoms with Gasteiger partial charge in [-0.25, -0.2) is 0 Å². The number of rotatable bonds is 0. The standard InChI is InChI=1S/C6H10O4/c7-3-1-2-4(8)6(10)5(3)9/h3,5-7,9-10H,1-2H2. The van der Waals surface area contributed by atoms with Crippen molar-refractivity contribution in [3.05, 3.63) is 0 Å². The van der Waals surface area contributed by atoms with E-state index in [4.69, 9.17) is 15.3 Å². The number of Topliss-reactive ketones (excluding diaryl/α,β-unsaturated/α-hetero) is 1. The molecule has 0 aromatic carbocycles. The Kier molecular flexibility index (Phi) is 2.03. The van der Waals surface area contributed by atoms with Gasteiger partial charge in [0, 0.05) is 6.42 Å². The first kappa shape index (κ1) is 7.65. The minimum atomic E-state index is -1.39. The van der Waals surface area contributed by atoms with Gasteiger partial charge in [-0.2, -0.15) is 0 Å². The Morgan fingerprint density at radius 2 is 1.90 bits per heavy atom. The van der Waals surface area contributed by atoms with Gasteiger partial charge in [0.25, 0.3) is 0 Å². The van der Waals surface area contributed by atoms with E-state index in [1.807, 2.05) is 0 Å². The molecule has 0 amide bonds. The second kappa shape index (κ2) is 2.65. The first-order valence-electron chi connectivity index (χ1n) is 3.20. The van der Waals surface area contributed by atoms with E-state index in [1.54, 1.807) is 0 Å². The molecule has 1 fully saturated rings. The molecular formula is C6H10O4. The summed E-state index contributed by atoms with van der Waals surface area (Å²) in [6.45, 7) is 0. The normalized spacial score (nSPS) is 41.9. The SMILES string of the molecule is O=C1CCC(O)C(O)C1O. The summed E-state index contributed by atoms with van der Waals surface area (Å²) in [5, 5.41) is 26.7. The molecule has 58 valence electrons. The molecule has 1 rings (SSSR count). The minimum Gasteiger partial charge on any atom is -0.390 e. The second-order valence-electron chi connectivity index (χ2n) is 2.51. The number of carbonyl (C=O) groups excluding carboxylic acids is 1. The number of aliphatic hydroxyl groups excluding tert-OH is 3. The first-order chi connectivity index (χ1) is 4.63. The summed E-state index contributed by atoms with van der Waals surface area (Å²) in [6, 6.07) is 0. The maximum Gasteiger partial charge on any atom is 0.164 e. The molecule has 0 heterocycles. The van der Waals surface area contributed by atoms with Gasteiger partial charge in [0.1, 0.15) is 12.2 Å². The lowest BCUT2D eigenvalue weighted by Crippen LogP contribution is -2.46. The van der Waals surface area contributed by atoms with E-state index in [0.29, 0.717) is 0 Å². The van der Waals surface area contributed by atoms with Crippen LogP contribution in [0.2, 0.25) is 0 Å². The average molecular weight is 146 g/mol. The molecule has 0 aliphatic heterocycles. The molecular weight excluding hydrogens is 136 g/mol. The van der Waals surface area contributed by atoms with Gasteiger partial charge in [-0.05, 0) is 6.42 Å². The van der Waals surface area contributed by atoms with Gasteiger partial charge in [0.05, 0.1) is 6.10 Å². The maximum atomic E-state index is 10.6. The molecule has 4 nitrogen and oxygen atoms in total. The Morgan fingerprint density at radius 1 is 1.30 bits per heavy atom. The number of ketones is 1. The largest absolute Gasteiger partial charge is 0.390 e. The van der Waals surface area contributed by atoms with E-state index in [2.05, 4.69) is 0 Å². The molecule has 10 heavy (non-hydrogen) atoms. The van der Waals surface area contributed by atoms with Crippen LogP contribution in [0.3, 0.4) is 0 Å².